The van der Waals surface area contributed by atoms with Crippen molar-refractivity contribution in [2.24, 2.45) is 7.05 Å². The normalized spacial score (nSPS) is 15.0. The number of piperidine rings is 1. The molecule has 2 aromatic heterocycles. The van der Waals surface area contributed by atoms with Gasteiger partial charge in [-0.1, -0.05) is 23.7 Å². The smallest absolute Gasteiger partial charge is 0.409 e. The van der Waals surface area contributed by atoms with Gasteiger partial charge >= 0.3 is 6.09 Å². The van der Waals surface area contributed by atoms with Gasteiger partial charge in [-0.15, -0.1) is 0 Å². The van der Waals surface area contributed by atoms with Crippen molar-refractivity contribution in [2.45, 2.75) is 18.4 Å². The van der Waals surface area contributed by atoms with Gasteiger partial charge in [0.2, 0.25) is 0 Å². The Labute approximate surface area is 205 Å². The lowest BCUT2D eigenvalue weighted by molar-refractivity contribution is 0.0570. The lowest BCUT2D eigenvalue weighted by atomic mass is 9.88. The molecule has 0 atom stereocenters. The Balaban J connectivity index is 1.70. The van der Waals surface area contributed by atoms with Crippen LogP contribution in [-0.2, 0) is 11.8 Å². The summed E-state index contributed by atoms with van der Waals surface area (Å²) >= 11 is 6.01. The number of hydrogen-bond acceptors (Lipinski definition) is 7. The number of halogens is 1. The van der Waals surface area contributed by atoms with Crippen LogP contribution in [0.1, 0.15) is 23.2 Å². The number of rotatable bonds is 5. The molecule has 35 heavy (non-hydrogen) atoms. The highest BCUT2D eigenvalue weighted by molar-refractivity contribution is 6.30. The van der Waals surface area contributed by atoms with E-state index in [0.29, 0.717) is 47.9 Å². The molecule has 1 aliphatic heterocycles. The Bertz CT molecular complexity index is 1290. The Morgan fingerprint density at radius 1 is 1.23 bits per heavy atom. The lowest BCUT2D eigenvalue weighted by Gasteiger charge is -2.40. The maximum atomic E-state index is 13.4. The first kappa shape index (κ1) is 24.4. The molecule has 0 spiro atoms. The van der Waals surface area contributed by atoms with Crippen molar-refractivity contribution in [2.75, 3.05) is 26.8 Å². The number of hydrogen-bond donors (Lipinski definition) is 2. The average Bonchev–Trinajstić information content (AvgIpc) is 3.30. The van der Waals surface area contributed by atoms with Gasteiger partial charge in [-0.25, -0.2) is 4.79 Å². The van der Waals surface area contributed by atoms with Crippen LogP contribution < -0.4 is 10.9 Å². The molecule has 4 rings (SSSR count). The van der Waals surface area contributed by atoms with Crippen LogP contribution in [0, 0.1) is 0 Å². The highest BCUT2D eigenvalue weighted by atomic mass is 35.5. The monoisotopic (exact) mass is 500 g/mol. The van der Waals surface area contributed by atoms with E-state index >= 15 is 0 Å². The number of aliphatic hydroxyl groups is 1. The van der Waals surface area contributed by atoms with Gasteiger partial charge in [0, 0.05) is 30.7 Å². The molecule has 0 aliphatic carbocycles. The summed E-state index contributed by atoms with van der Waals surface area (Å²) in [6, 6.07) is 8.27. The number of nitrogens with zero attached hydrogens (tertiary/aromatic N) is 5. The molecule has 1 aliphatic rings. The Morgan fingerprint density at radius 3 is 2.49 bits per heavy atom. The standard InChI is InChI=1S/C23H25ClN6O5/c1-28-13-17(12-25-28)30-21(33)18(11-19(27-30)15-3-5-16(24)6-4-15)20(32)26-23(14-31)7-9-29(10-8-23)22(34)35-2/h3-6,11-13,31H,7-10,14H2,1-2H3,(H,26,32). The van der Waals surface area contributed by atoms with E-state index in [1.165, 1.54) is 29.0 Å². The number of carbonyl (C=O) groups excluding carboxylic acids is 2. The van der Waals surface area contributed by atoms with E-state index in [2.05, 4.69) is 15.5 Å². The molecule has 2 N–H and O–H groups in total. The number of nitrogens with one attached hydrogen (secondary N) is 1. The Hall–Kier alpha value is -3.70. The van der Waals surface area contributed by atoms with Crippen LogP contribution >= 0.6 is 11.6 Å². The zero-order valence-corrected chi connectivity index (χ0v) is 20.0. The molecular formula is C23H25ClN6O5. The van der Waals surface area contributed by atoms with Crippen molar-refractivity contribution in [3.8, 4) is 16.9 Å². The summed E-state index contributed by atoms with van der Waals surface area (Å²) in [6.07, 6.45) is 3.22. The lowest BCUT2D eigenvalue weighted by Crippen LogP contribution is -2.58. The average molecular weight is 501 g/mol. The molecule has 12 heteroatoms. The molecule has 1 saturated heterocycles. The molecule has 3 heterocycles. The van der Waals surface area contributed by atoms with Gasteiger partial charge in [0.1, 0.15) is 11.3 Å². The van der Waals surface area contributed by atoms with Gasteiger partial charge in [-0.05, 0) is 31.0 Å². The highest BCUT2D eigenvalue weighted by Crippen LogP contribution is 2.24. The summed E-state index contributed by atoms with van der Waals surface area (Å²) in [5.74, 6) is -0.647. The molecule has 11 nitrogen and oxygen atoms in total. The molecule has 0 saturated carbocycles. The minimum absolute atomic E-state index is 0.142. The third kappa shape index (κ3) is 5.05. The number of likely N-dealkylation sites (tertiary alicyclic amines) is 1. The fraction of sp³-hybridized carbons (Fsp3) is 0.348. The topological polar surface area (TPSA) is 132 Å². The minimum Gasteiger partial charge on any atom is -0.453 e. The van der Waals surface area contributed by atoms with Crippen LogP contribution in [0.5, 0.6) is 0 Å². The van der Waals surface area contributed by atoms with Crippen molar-refractivity contribution in [1.82, 2.24) is 29.8 Å². The van der Waals surface area contributed by atoms with Crippen LogP contribution in [0.2, 0.25) is 5.02 Å². The van der Waals surface area contributed by atoms with E-state index in [4.69, 9.17) is 16.3 Å². The second-order valence-corrected chi connectivity index (χ2v) is 8.83. The van der Waals surface area contributed by atoms with E-state index in [-0.39, 0.29) is 12.2 Å². The predicted molar refractivity (Wildman–Crippen MR) is 128 cm³/mol. The molecule has 2 amide bonds. The van der Waals surface area contributed by atoms with Crippen molar-refractivity contribution in [3.05, 3.63) is 63.7 Å². The zero-order chi connectivity index (χ0) is 25.2. The van der Waals surface area contributed by atoms with Gasteiger partial charge in [-0.3, -0.25) is 14.3 Å². The largest absolute Gasteiger partial charge is 0.453 e. The minimum atomic E-state index is -0.989. The predicted octanol–water partition coefficient (Wildman–Crippen LogP) is 1.61. The number of aliphatic hydroxyl groups excluding tert-OH is 1. The quantitative estimate of drug-likeness (QED) is 0.544. The van der Waals surface area contributed by atoms with E-state index in [1.807, 2.05) is 0 Å². The van der Waals surface area contributed by atoms with Gasteiger partial charge in [0.25, 0.3) is 11.5 Å². The van der Waals surface area contributed by atoms with Crippen molar-refractivity contribution < 1.29 is 19.4 Å². The molecule has 1 aromatic carbocycles. The van der Waals surface area contributed by atoms with Crippen molar-refractivity contribution in [1.29, 1.82) is 0 Å². The van der Waals surface area contributed by atoms with E-state index in [1.54, 1.807) is 37.5 Å². The number of benzene rings is 1. The maximum absolute atomic E-state index is 13.4. The first-order chi connectivity index (χ1) is 16.7. The summed E-state index contributed by atoms with van der Waals surface area (Å²) in [5.41, 5.74) is -0.328. The Morgan fingerprint density at radius 2 is 1.91 bits per heavy atom. The summed E-state index contributed by atoms with van der Waals surface area (Å²) < 4.78 is 7.39. The van der Waals surface area contributed by atoms with Crippen LogP contribution in [0.25, 0.3) is 16.9 Å². The fourth-order valence-electron chi connectivity index (χ4n) is 3.99. The Kier molecular flexibility index (Phi) is 6.90. The van der Waals surface area contributed by atoms with E-state index in [0.717, 1.165) is 4.68 Å². The third-order valence-corrected chi connectivity index (χ3v) is 6.32. The summed E-state index contributed by atoms with van der Waals surface area (Å²) in [4.78, 5) is 40.0. The number of ether oxygens (including phenoxy) is 1. The van der Waals surface area contributed by atoms with Crippen molar-refractivity contribution >= 4 is 23.6 Å². The van der Waals surface area contributed by atoms with Crippen LogP contribution in [0.3, 0.4) is 0 Å². The summed E-state index contributed by atoms with van der Waals surface area (Å²) in [6.45, 7) is 0.235. The summed E-state index contributed by atoms with van der Waals surface area (Å²) in [7, 11) is 3.00. The number of amides is 2. The summed E-state index contributed by atoms with van der Waals surface area (Å²) in [5, 5.41) is 22.0. The number of methoxy groups -OCH3 is 1. The first-order valence-corrected chi connectivity index (χ1v) is 11.3. The highest BCUT2D eigenvalue weighted by Gasteiger charge is 2.38. The number of aryl methyl sites for hydroxylation is 1. The van der Waals surface area contributed by atoms with E-state index < -0.39 is 23.1 Å². The van der Waals surface area contributed by atoms with Gasteiger partial charge in [-0.2, -0.15) is 14.9 Å². The van der Waals surface area contributed by atoms with E-state index in [9.17, 15) is 19.5 Å². The van der Waals surface area contributed by atoms with Gasteiger partial charge in [0.15, 0.2) is 0 Å². The molecular weight excluding hydrogens is 476 g/mol. The van der Waals surface area contributed by atoms with Crippen LogP contribution in [0.15, 0.2) is 47.5 Å². The molecule has 1 fully saturated rings. The molecule has 0 bridgehead atoms. The SMILES string of the molecule is COC(=O)N1CCC(CO)(NC(=O)c2cc(-c3ccc(Cl)cc3)nn(-c3cnn(C)c3)c2=O)CC1. The second kappa shape index (κ2) is 9.88. The van der Waals surface area contributed by atoms with Gasteiger partial charge < -0.3 is 20.1 Å². The molecule has 184 valence electrons. The van der Waals surface area contributed by atoms with Crippen LogP contribution in [0.4, 0.5) is 4.79 Å². The fourth-order valence-corrected chi connectivity index (χ4v) is 4.11. The molecule has 3 aromatic rings. The number of aromatic nitrogens is 4. The maximum Gasteiger partial charge on any atom is 0.409 e. The number of carbonyl (C=O) groups is 2. The molecule has 0 unspecified atom stereocenters. The second-order valence-electron chi connectivity index (χ2n) is 8.39. The van der Waals surface area contributed by atoms with Gasteiger partial charge in [0.05, 0.1) is 37.3 Å². The zero-order valence-electron chi connectivity index (χ0n) is 19.3. The van der Waals surface area contributed by atoms with Crippen LogP contribution in [-0.4, -0.2) is 73.9 Å². The first-order valence-electron chi connectivity index (χ1n) is 10.9. The van der Waals surface area contributed by atoms with Crippen molar-refractivity contribution in [3.63, 3.8) is 0 Å². The third-order valence-electron chi connectivity index (χ3n) is 6.07. The molecule has 0 radical (unpaired) electrons.